The fourth-order valence-corrected chi connectivity index (χ4v) is 3.25. The number of rotatable bonds is 3. The van der Waals surface area contributed by atoms with E-state index in [4.69, 9.17) is 18.9 Å². The number of fused-ring (bicyclic) bond motifs is 2. The van der Waals surface area contributed by atoms with Crippen LogP contribution in [0.2, 0.25) is 0 Å². The fourth-order valence-electron chi connectivity index (χ4n) is 3.25. The van der Waals surface area contributed by atoms with Gasteiger partial charge in [-0.15, -0.1) is 0 Å². The maximum Gasteiger partial charge on any atom is 0.251 e. The lowest BCUT2D eigenvalue weighted by Crippen LogP contribution is -2.24. The molecule has 6 heteroatoms. The molecule has 2 aromatic rings. The molecule has 6 nitrogen and oxygen atoms in total. The maximum absolute atomic E-state index is 12.7. The predicted octanol–water partition coefficient (Wildman–Crippen LogP) is 3.17. The van der Waals surface area contributed by atoms with Crippen molar-refractivity contribution in [2.75, 3.05) is 26.4 Å². The number of carbonyl (C=O) groups excluding carboxylic acids is 1. The molecule has 142 valence electrons. The minimum absolute atomic E-state index is 0.141. The number of nitrogens with one attached hydrogen (secondary N) is 1. The molecule has 0 bridgehead atoms. The number of ether oxygens (including phenoxy) is 4. The summed E-state index contributed by atoms with van der Waals surface area (Å²) in [7, 11) is 0. The summed E-state index contributed by atoms with van der Waals surface area (Å²) in [6, 6.07) is 7.52. The average Bonchev–Trinajstić information content (AvgIpc) is 2.90. The molecule has 1 amide bonds. The van der Waals surface area contributed by atoms with Crippen molar-refractivity contribution >= 4 is 5.91 Å². The summed E-state index contributed by atoms with van der Waals surface area (Å²) in [5, 5.41) is 2.99. The van der Waals surface area contributed by atoms with Crippen molar-refractivity contribution < 1.29 is 23.7 Å². The molecule has 0 saturated carbocycles. The van der Waals surface area contributed by atoms with Crippen LogP contribution in [0.4, 0.5) is 0 Å². The van der Waals surface area contributed by atoms with Crippen LogP contribution in [0.25, 0.3) is 0 Å². The Morgan fingerprint density at radius 2 is 1.37 bits per heavy atom. The first-order valence-corrected chi connectivity index (χ1v) is 9.19. The van der Waals surface area contributed by atoms with Crippen molar-refractivity contribution in [3.05, 3.63) is 46.5 Å². The lowest BCUT2D eigenvalue weighted by molar-refractivity contribution is 0.0949. The van der Waals surface area contributed by atoms with Crippen LogP contribution >= 0.6 is 0 Å². The van der Waals surface area contributed by atoms with Gasteiger partial charge in [0, 0.05) is 18.5 Å². The van der Waals surface area contributed by atoms with Gasteiger partial charge < -0.3 is 24.3 Å². The molecule has 0 spiro atoms. The second-order valence-electron chi connectivity index (χ2n) is 6.77. The third-order valence-electron chi connectivity index (χ3n) is 4.78. The number of carbonyl (C=O) groups is 1. The monoisotopic (exact) mass is 369 g/mol. The van der Waals surface area contributed by atoms with Gasteiger partial charge in [0.05, 0.1) is 13.2 Å². The second-order valence-corrected chi connectivity index (χ2v) is 6.77. The Kier molecular flexibility index (Phi) is 4.79. The van der Waals surface area contributed by atoms with Gasteiger partial charge in [-0.3, -0.25) is 4.79 Å². The van der Waals surface area contributed by atoms with Crippen molar-refractivity contribution in [1.82, 2.24) is 5.32 Å². The van der Waals surface area contributed by atoms with Gasteiger partial charge in [-0.1, -0.05) is 0 Å². The summed E-state index contributed by atoms with van der Waals surface area (Å²) in [5.41, 5.74) is 3.50. The van der Waals surface area contributed by atoms with E-state index in [1.165, 1.54) is 0 Å². The topological polar surface area (TPSA) is 66.0 Å². The van der Waals surface area contributed by atoms with Gasteiger partial charge in [0.15, 0.2) is 23.0 Å². The number of hydrogen-bond donors (Lipinski definition) is 1. The quantitative estimate of drug-likeness (QED) is 0.900. The summed E-state index contributed by atoms with van der Waals surface area (Å²) >= 11 is 0. The van der Waals surface area contributed by atoms with Crippen LogP contribution in [0.3, 0.4) is 0 Å². The predicted molar refractivity (Wildman–Crippen MR) is 100 cm³/mol. The lowest BCUT2D eigenvalue weighted by Gasteiger charge is -2.20. The molecular formula is C21H23NO5. The number of aryl methyl sites for hydroxylation is 2. The van der Waals surface area contributed by atoms with Crippen LogP contribution in [-0.2, 0) is 6.54 Å². The zero-order valence-electron chi connectivity index (χ0n) is 15.6. The number of benzene rings is 2. The molecule has 0 aliphatic carbocycles. The molecule has 0 radical (unpaired) electrons. The smallest absolute Gasteiger partial charge is 0.251 e. The van der Waals surface area contributed by atoms with Gasteiger partial charge in [-0.25, -0.2) is 0 Å². The van der Waals surface area contributed by atoms with E-state index in [9.17, 15) is 4.79 Å². The SMILES string of the molecule is Cc1cc2c(cc1CNC(=O)c1cc3c(cc1C)OCCCO3)OCCO2. The number of amides is 1. The maximum atomic E-state index is 12.7. The molecule has 0 aromatic heterocycles. The summed E-state index contributed by atoms with van der Waals surface area (Å²) in [5.74, 6) is 2.66. The zero-order valence-corrected chi connectivity index (χ0v) is 15.6. The minimum atomic E-state index is -0.141. The Balaban J connectivity index is 1.51. The third kappa shape index (κ3) is 3.65. The van der Waals surface area contributed by atoms with Crippen LogP contribution in [0.5, 0.6) is 23.0 Å². The van der Waals surface area contributed by atoms with Gasteiger partial charge in [0.2, 0.25) is 0 Å². The summed E-state index contributed by atoms with van der Waals surface area (Å²) in [4.78, 5) is 12.7. The van der Waals surface area contributed by atoms with Gasteiger partial charge in [0.1, 0.15) is 13.2 Å². The Hall–Kier alpha value is -2.89. The van der Waals surface area contributed by atoms with Crippen molar-refractivity contribution in [2.45, 2.75) is 26.8 Å². The highest BCUT2D eigenvalue weighted by molar-refractivity contribution is 5.96. The first kappa shape index (κ1) is 17.5. The first-order chi connectivity index (χ1) is 13.1. The molecule has 4 rings (SSSR count). The van der Waals surface area contributed by atoms with Crippen molar-refractivity contribution in [1.29, 1.82) is 0 Å². The highest BCUT2D eigenvalue weighted by atomic mass is 16.6. The summed E-state index contributed by atoms with van der Waals surface area (Å²) in [6.07, 6.45) is 0.832. The Bertz CT molecular complexity index is 877. The molecular weight excluding hydrogens is 346 g/mol. The fraction of sp³-hybridized carbons (Fsp3) is 0.381. The minimum Gasteiger partial charge on any atom is -0.490 e. The Morgan fingerprint density at radius 3 is 2.07 bits per heavy atom. The van der Waals surface area contributed by atoms with E-state index in [0.29, 0.717) is 50.0 Å². The van der Waals surface area contributed by atoms with Crippen LogP contribution in [-0.4, -0.2) is 32.3 Å². The molecule has 1 N–H and O–H groups in total. The van der Waals surface area contributed by atoms with Crippen molar-refractivity contribution in [3.8, 4) is 23.0 Å². The average molecular weight is 369 g/mol. The van der Waals surface area contributed by atoms with E-state index in [1.807, 2.05) is 32.0 Å². The number of hydrogen-bond acceptors (Lipinski definition) is 5. The van der Waals surface area contributed by atoms with Crippen molar-refractivity contribution in [3.63, 3.8) is 0 Å². The molecule has 2 aromatic carbocycles. The molecule has 0 atom stereocenters. The van der Waals surface area contributed by atoms with E-state index >= 15 is 0 Å². The van der Waals surface area contributed by atoms with Gasteiger partial charge in [-0.2, -0.15) is 0 Å². The van der Waals surface area contributed by atoms with Gasteiger partial charge >= 0.3 is 0 Å². The second kappa shape index (κ2) is 7.39. The van der Waals surface area contributed by atoms with E-state index in [-0.39, 0.29) is 5.91 Å². The molecule has 2 heterocycles. The van der Waals surface area contributed by atoms with E-state index in [2.05, 4.69) is 5.32 Å². The molecule has 0 unspecified atom stereocenters. The van der Waals surface area contributed by atoms with Crippen LogP contribution < -0.4 is 24.3 Å². The van der Waals surface area contributed by atoms with Crippen LogP contribution in [0, 0.1) is 13.8 Å². The third-order valence-corrected chi connectivity index (χ3v) is 4.78. The van der Waals surface area contributed by atoms with Gasteiger partial charge in [-0.05, 0) is 54.8 Å². The molecule has 0 saturated heterocycles. The lowest BCUT2D eigenvalue weighted by atomic mass is 10.1. The highest BCUT2D eigenvalue weighted by Crippen LogP contribution is 2.34. The van der Waals surface area contributed by atoms with E-state index < -0.39 is 0 Å². The van der Waals surface area contributed by atoms with Crippen LogP contribution in [0.1, 0.15) is 33.5 Å². The van der Waals surface area contributed by atoms with E-state index in [0.717, 1.165) is 34.6 Å². The zero-order chi connectivity index (χ0) is 18.8. The summed E-state index contributed by atoms with van der Waals surface area (Å²) in [6.45, 7) is 6.63. The van der Waals surface area contributed by atoms with Crippen LogP contribution in [0.15, 0.2) is 24.3 Å². The van der Waals surface area contributed by atoms with Crippen molar-refractivity contribution in [2.24, 2.45) is 0 Å². The molecule has 0 fully saturated rings. The van der Waals surface area contributed by atoms with E-state index in [1.54, 1.807) is 6.07 Å². The molecule has 27 heavy (non-hydrogen) atoms. The largest absolute Gasteiger partial charge is 0.490 e. The first-order valence-electron chi connectivity index (χ1n) is 9.19. The Labute approximate surface area is 158 Å². The summed E-state index contributed by atoms with van der Waals surface area (Å²) < 4.78 is 22.6. The molecule has 2 aliphatic rings. The molecule has 2 aliphatic heterocycles. The van der Waals surface area contributed by atoms with Gasteiger partial charge in [0.25, 0.3) is 5.91 Å². The Morgan fingerprint density at radius 1 is 0.815 bits per heavy atom. The normalized spacial score (nSPS) is 15.0. The standard InChI is InChI=1S/C21H23NO5/c1-13-8-17-19(27-7-6-26-17)10-15(13)12-22-21(23)16-11-20-18(9-14(16)2)24-4-3-5-25-20/h8-11H,3-7,12H2,1-2H3,(H,22,23). The highest BCUT2D eigenvalue weighted by Gasteiger charge is 2.18.